The largest absolute Gasteiger partial charge is 0.497 e. The van der Waals surface area contributed by atoms with E-state index in [1.165, 1.54) is 25.7 Å². The highest BCUT2D eigenvalue weighted by Crippen LogP contribution is 2.30. The SMILES string of the molecule is COc1cc(CSc2nc(CC(=O)NC3CCCCCC3)cs2)cc(OC)c1. The van der Waals surface area contributed by atoms with E-state index < -0.39 is 0 Å². The molecule has 7 heteroatoms. The summed E-state index contributed by atoms with van der Waals surface area (Å²) in [5.41, 5.74) is 1.96. The van der Waals surface area contributed by atoms with E-state index in [2.05, 4.69) is 10.3 Å². The third-order valence-electron chi connectivity index (χ3n) is 4.87. The molecule has 0 spiro atoms. The summed E-state index contributed by atoms with van der Waals surface area (Å²) in [5.74, 6) is 2.43. The van der Waals surface area contributed by atoms with E-state index in [1.54, 1.807) is 37.3 Å². The smallest absolute Gasteiger partial charge is 0.226 e. The Kier molecular flexibility index (Phi) is 8.03. The molecule has 0 unspecified atom stereocenters. The van der Waals surface area contributed by atoms with Crippen molar-refractivity contribution >= 4 is 29.0 Å². The van der Waals surface area contributed by atoms with Gasteiger partial charge >= 0.3 is 0 Å². The fourth-order valence-corrected chi connectivity index (χ4v) is 5.17. The highest BCUT2D eigenvalue weighted by molar-refractivity contribution is 8.00. The summed E-state index contributed by atoms with van der Waals surface area (Å²) >= 11 is 3.25. The zero-order valence-corrected chi connectivity index (χ0v) is 18.2. The van der Waals surface area contributed by atoms with Crippen molar-refractivity contribution in [1.82, 2.24) is 10.3 Å². The average Bonchev–Trinajstić information content (AvgIpc) is 2.99. The van der Waals surface area contributed by atoms with E-state index in [0.717, 1.165) is 45.7 Å². The van der Waals surface area contributed by atoms with Crippen LogP contribution in [0.3, 0.4) is 0 Å². The topological polar surface area (TPSA) is 60.5 Å². The summed E-state index contributed by atoms with van der Waals surface area (Å²) in [7, 11) is 3.30. The Morgan fingerprint density at radius 1 is 1.14 bits per heavy atom. The van der Waals surface area contributed by atoms with E-state index in [1.807, 2.05) is 23.6 Å². The second kappa shape index (κ2) is 10.7. The summed E-state index contributed by atoms with van der Waals surface area (Å²) in [6.45, 7) is 0. The van der Waals surface area contributed by atoms with E-state index >= 15 is 0 Å². The van der Waals surface area contributed by atoms with Gasteiger partial charge < -0.3 is 14.8 Å². The highest BCUT2D eigenvalue weighted by atomic mass is 32.2. The zero-order chi connectivity index (χ0) is 19.8. The number of amides is 1. The van der Waals surface area contributed by atoms with Gasteiger partial charge in [-0.3, -0.25) is 4.79 Å². The summed E-state index contributed by atoms with van der Waals surface area (Å²) < 4.78 is 11.6. The molecule has 1 amide bonds. The lowest BCUT2D eigenvalue weighted by Crippen LogP contribution is -2.35. The standard InChI is InChI=1S/C21H28N2O3S2/c1-25-18-9-15(10-19(12-18)26-2)13-27-21-23-17(14-28-21)11-20(24)22-16-7-5-3-4-6-8-16/h9-10,12,14,16H,3-8,11,13H2,1-2H3,(H,22,24). The van der Waals surface area contributed by atoms with Crippen LogP contribution in [0.2, 0.25) is 0 Å². The number of hydrogen-bond acceptors (Lipinski definition) is 6. The Bertz CT molecular complexity index is 749. The Hall–Kier alpha value is -1.73. The molecule has 3 rings (SSSR count). The number of benzene rings is 1. The Morgan fingerprint density at radius 3 is 2.46 bits per heavy atom. The molecule has 1 N–H and O–H groups in total. The van der Waals surface area contributed by atoms with Gasteiger partial charge in [-0.25, -0.2) is 4.98 Å². The van der Waals surface area contributed by atoms with Crippen LogP contribution < -0.4 is 14.8 Å². The molecule has 1 fully saturated rings. The Labute approximate surface area is 175 Å². The first kappa shape index (κ1) is 21.0. The van der Waals surface area contributed by atoms with E-state index in [4.69, 9.17) is 9.47 Å². The third-order valence-corrected chi connectivity index (χ3v) is 7.01. The molecule has 0 atom stereocenters. The molecule has 1 aromatic carbocycles. The monoisotopic (exact) mass is 420 g/mol. The molecule has 5 nitrogen and oxygen atoms in total. The number of nitrogens with zero attached hydrogens (tertiary/aromatic N) is 1. The van der Waals surface area contributed by atoms with Crippen molar-refractivity contribution in [3.63, 3.8) is 0 Å². The van der Waals surface area contributed by atoms with Crippen LogP contribution in [-0.2, 0) is 17.0 Å². The molecule has 2 aromatic rings. The van der Waals surface area contributed by atoms with Gasteiger partial charge in [0.2, 0.25) is 5.91 Å². The van der Waals surface area contributed by atoms with Gasteiger partial charge in [-0.05, 0) is 30.5 Å². The van der Waals surface area contributed by atoms with Crippen molar-refractivity contribution in [1.29, 1.82) is 0 Å². The van der Waals surface area contributed by atoms with Gasteiger partial charge in [0.25, 0.3) is 0 Å². The zero-order valence-electron chi connectivity index (χ0n) is 16.5. The minimum atomic E-state index is 0.0892. The lowest BCUT2D eigenvalue weighted by molar-refractivity contribution is -0.121. The molecule has 1 saturated carbocycles. The Balaban J connectivity index is 1.50. The van der Waals surface area contributed by atoms with Crippen molar-refractivity contribution in [2.24, 2.45) is 0 Å². The first-order chi connectivity index (χ1) is 13.7. The predicted octanol–water partition coefficient (Wildman–Crippen LogP) is 4.83. The molecule has 28 heavy (non-hydrogen) atoms. The van der Waals surface area contributed by atoms with Gasteiger partial charge in [0.1, 0.15) is 15.8 Å². The number of carbonyl (C=O) groups is 1. The number of hydrogen-bond donors (Lipinski definition) is 1. The molecular formula is C21H28N2O3S2. The van der Waals surface area contributed by atoms with Gasteiger partial charge in [0, 0.05) is 23.2 Å². The third kappa shape index (κ3) is 6.41. The molecule has 0 saturated heterocycles. The maximum Gasteiger partial charge on any atom is 0.226 e. The number of carbonyl (C=O) groups excluding carboxylic acids is 1. The van der Waals surface area contributed by atoms with Crippen molar-refractivity contribution in [2.75, 3.05) is 14.2 Å². The lowest BCUT2D eigenvalue weighted by atomic mass is 10.1. The van der Waals surface area contributed by atoms with Crippen LogP contribution in [0.15, 0.2) is 27.9 Å². The fraction of sp³-hybridized carbons (Fsp3) is 0.524. The van der Waals surface area contributed by atoms with Crippen LogP contribution in [0.5, 0.6) is 11.5 Å². The summed E-state index contributed by atoms with van der Waals surface area (Å²) in [5, 5.41) is 5.18. The highest BCUT2D eigenvalue weighted by Gasteiger charge is 2.16. The van der Waals surface area contributed by atoms with Crippen LogP contribution in [0.1, 0.15) is 49.8 Å². The number of nitrogens with one attached hydrogen (secondary N) is 1. The minimum absolute atomic E-state index is 0.0892. The van der Waals surface area contributed by atoms with Crippen molar-refractivity contribution in [2.45, 2.75) is 61.1 Å². The minimum Gasteiger partial charge on any atom is -0.497 e. The van der Waals surface area contributed by atoms with Gasteiger partial charge in [-0.1, -0.05) is 37.4 Å². The van der Waals surface area contributed by atoms with Gasteiger partial charge in [-0.2, -0.15) is 0 Å². The molecule has 0 bridgehead atoms. The number of aromatic nitrogens is 1. The van der Waals surface area contributed by atoms with Gasteiger partial charge in [-0.15, -0.1) is 11.3 Å². The number of rotatable bonds is 8. The number of methoxy groups -OCH3 is 2. The van der Waals surface area contributed by atoms with E-state index in [0.29, 0.717) is 12.5 Å². The molecular weight excluding hydrogens is 392 g/mol. The maximum absolute atomic E-state index is 12.3. The normalized spacial score (nSPS) is 15.1. The van der Waals surface area contributed by atoms with Crippen LogP contribution in [0, 0.1) is 0 Å². The molecule has 0 radical (unpaired) electrons. The first-order valence-electron chi connectivity index (χ1n) is 9.75. The maximum atomic E-state index is 12.3. The van der Waals surface area contributed by atoms with Crippen molar-refractivity contribution in [3.05, 3.63) is 34.8 Å². The molecule has 0 aliphatic heterocycles. The predicted molar refractivity (Wildman–Crippen MR) is 115 cm³/mol. The molecule has 1 aliphatic carbocycles. The lowest BCUT2D eigenvalue weighted by Gasteiger charge is -2.15. The second-order valence-electron chi connectivity index (χ2n) is 7.05. The summed E-state index contributed by atoms with van der Waals surface area (Å²) in [6, 6.07) is 6.21. The quantitative estimate of drug-likeness (QED) is 0.489. The average molecular weight is 421 g/mol. The Morgan fingerprint density at radius 2 is 1.82 bits per heavy atom. The van der Waals surface area contributed by atoms with Crippen LogP contribution in [0.4, 0.5) is 0 Å². The molecule has 1 heterocycles. The van der Waals surface area contributed by atoms with Crippen LogP contribution in [-0.4, -0.2) is 31.2 Å². The fourth-order valence-electron chi connectivity index (χ4n) is 3.40. The summed E-state index contributed by atoms with van der Waals surface area (Å²) in [4.78, 5) is 17.0. The number of thioether (sulfide) groups is 1. The van der Waals surface area contributed by atoms with Crippen molar-refractivity contribution < 1.29 is 14.3 Å². The van der Waals surface area contributed by atoms with Crippen LogP contribution in [0.25, 0.3) is 0 Å². The molecule has 152 valence electrons. The van der Waals surface area contributed by atoms with Gasteiger partial charge in [0.15, 0.2) is 0 Å². The van der Waals surface area contributed by atoms with Crippen molar-refractivity contribution in [3.8, 4) is 11.5 Å². The van der Waals surface area contributed by atoms with E-state index in [-0.39, 0.29) is 5.91 Å². The number of ether oxygens (including phenoxy) is 2. The first-order valence-corrected chi connectivity index (χ1v) is 11.6. The number of thiazole rings is 1. The molecule has 1 aliphatic rings. The van der Waals surface area contributed by atoms with E-state index in [9.17, 15) is 4.79 Å². The second-order valence-corrected chi connectivity index (χ2v) is 9.13. The van der Waals surface area contributed by atoms with Crippen LogP contribution >= 0.6 is 23.1 Å². The van der Waals surface area contributed by atoms with Gasteiger partial charge in [0.05, 0.1) is 26.3 Å². The molecule has 1 aromatic heterocycles. The summed E-state index contributed by atoms with van der Waals surface area (Å²) in [6.07, 6.45) is 7.59.